The second-order valence-corrected chi connectivity index (χ2v) is 4.13. The molecule has 0 spiro atoms. The van der Waals surface area contributed by atoms with Gasteiger partial charge in [-0.2, -0.15) is 0 Å². The molecule has 0 aromatic heterocycles. The van der Waals surface area contributed by atoms with Crippen molar-refractivity contribution >= 4 is 16.7 Å². The lowest BCUT2D eigenvalue weighted by molar-refractivity contribution is -0.127. The number of carbonyl (C=O) groups excluding carboxylic acids is 1. The summed E-state index contributed by atoms with van der Waals surface area (Å²) in [4.78, 5) is 11.6. The number of hydrogen-bond donors (Lipinski definition) is 1. The van der Waals surface area contributed by atoms with Crippen molar-refractivity contribution in [2.24, 2.45) is 0 Å². The van der Waals surface area contributed by atoms with E-state index in [0.717, 1.165) is 16.5 Å². The molecule has 1 amide bonds. The van der Waals surface area contributed by atoms with E-state index in [1.54, 1.807) is 6.92 Å². The van der Waals surface area contributed by atoms with Crippen LogP contribution in [0.2, 0.25) is 0 Å². The molecule has 3 heteroatoms. The van der Waals surface area contributed by atoms with Gasteiger partial charge in [0, 0.05) is 11.9 Å². The molecule has 0 aliphatic carbocycles. The van der Waals surface area contributed by atoms with Crippen LogP contribution in [-0.4, -0.2) is 18.6 Å². The summed E-state index contributed by atoms with van der Waals surface area (Å²) in [5.41, 5.74) is 0. The van der Waals surface area contributed by atoms with E-state index < -0.39 is 6.10 Å². The van der Waals surface area contributed by atoms with Crippen LogP contribution in [-0.2, 0) is 4.79 Å². The molecule has 0 radical (unpaired) electrons. The molecule has 18 heavy (non-hydrogen) atoms. The summed E-state index contributed by atoms with van der Waals surface area (Å²) in [5, 5.41) is 4.88. The molecule has 2 aromatic rings. The van der Waals surface area contributed by atoms with Gasteiger partial charge >= 0.3 is 0 Å². The molecule has 0 fully saturated rings. The number of nitrogens with one attached hydrogen (secondary N) is 1. The smallest absolute Gasteiger partial charge is 0.260 e. The molecule has 0 bridgehead atoms. The predicted octanol–water partition coefficient (Wildman–Crippen LogP) is 2.74. The van der Waals surface area contributed by atoms with Crippen molar-refractivity contribution < 1.29 is 9.53 Å². The standard InChI is InChI=1S/C15H17NO2/c1-3-16-15(17)11(2)18-14-10-6-8-12-7-4-5-9-13(12)14/h4-11H,3H2,1-2H3,(H,16,17)/t11-/m0/s1. The summed E-state index contributed by atoms with van der Waals surface area (Å²) in [5.74, 6) is 0.650. The lowest BCUT2D eigenvalue weighted by Gasteiger charge is -2.15. The van der Waals surface area contributed by atoms with E-state index in [0.29, 0.717) is 6.54 Å². The van der Waals surface area contributed by atoms with Gasteiger partial charge in [-0.3, -0.25) is 4.79 Å². The fraction of sp³-hybridized carbons (Fsp3) is 0.267. The average molecular weight is 243 g/mol. The Bertz CT molecular complexity index is 546. The Hall–Kier alpha value is -2.03. The SMILES string of the molecule is CCNC(=O)[C@H](C)Oc1cccc2ccccc12. The Kier molecular flexibility index (Phi) is 3.82. The number of likely N-dealkylation sites (N-methyl/N-ethyl adjacent to an activating group) is 1. The fourth-order valence-electron chi connectivity index (χ4n) is 1.86. The van der Waals surface area contributed by atoms with Crippen LogP contribution in [0.5, 0.6) is 5.75 Å². The van der Waals surface area contributed by atoms with Crippen molar-refractivity contribution in [1.29, 1.82) is 0 Å². The van der Waals surface area contributed by atoms with Gasteiger partial charge < -0.3 is 10.1 Å². The van der Waals surface area contributed by atoms with Crippen molar-refractivity contribution in [3.05, 3.63) is 42.5 Å². The third-order valence-electron chi connectivity index (χ3n) is 2.77. The molecule has 0 unspecified atom stereocenters. The Labute approximate surface area is 107 Å². The van der Waals surface area contributed by atoms with E-state index >= 15 is 0 Å². The Morgan fingerprint density at radius 1 is 1.22 bits per heavy atom. The van der Waals surface area contributed by atoms with Crippen LogP contribution in [0.4, 0.5) is 0 Å². The van der Waals surface area contributed by atoms with Crippen LogP contribution >= 0.6 is 0 Å². The van der Waals surface area contributed by atoms with Gasteiger partial charge in [0.2, 0.25) is 0 Å². The van der Waals surface area contributed by atoms with Crippen LogP contribution < -0.4 is 10.1 Å². The lowest BCUT2D eigenvalue weighted by Crippen LogP contribution is -2.36. The van der Waals surface area contributed by atoms with Crippen LogP contribution in [0.15, 0.2) is 42.5 Å². The maximum atomic E-state index is 11.6. The van der Waals surface area contributed by atoms with Gasteiger partial charge in [-0.15, -0.1) is 0 Å². The van der Waals surface area contributed by atoms with Crippen molar-refractivity contribution in [3.63, 3.8) is 0 Å². The monoisotopic (exact) mass is 243 g/mol. The zero-order valence-electron chi connectivity index (χ0n) is 10.6. The topological polar surface area (TPSA) is 38.3 Å². The lowest BCUT2D eigenvalue weighted by atomic mass is 10.1. The zero-order valence-corrected chi connectivity index (χ0v) is 10.6. The summed E-state index contributed by atoms with van der Waals surface area (Å²) >= 11 is 0. The van der Waals surface area contributed by atoms with E-state index in [2.05, 4.69) is 5.32 Å². The van der Waals surface area contributed by atoms with Gasteiger partial charge in [-0.05, 0) is 25.3 Å². The number of carbonyl (C=O) groups is 1. The van der Waals surface area contributed by atoms with Crippen molar-refractivity contribution in [2.45, 2.75) is 20.0 Å². The summed E-state index contributed by atoms with van der Waals surface area (Å²) < 4.78 is 5.73. The van der Waals surface area contributed by atoms with E-state index in [-0.39, 0.29) is 5.91 Å². The third-order valence-corrected chi connectivity index (χ3v) is 2.77. The normalized spacial score (nSPS) is 12.1. The number of amides is 1. The predicted molar refractivity (Wildman–Crippen MR) is 72.7 cm³/mol. The first-order chi connectivity index (χ1) is 8.72. The Balaban J connectivity index is 2.24. The van der Waals surface area contributed by atoms with Gasteiger partial charge in [0.25, 0.3) is 5.91 Å². The zero-order chi connectivity index (χ0) is 13.0. The van der Waals surface area contributed by atoms with Gasteiger partial charge in [-0.1, -0.05) is 36.4 Å². The molecule has 0 saturated heterocycles. The molecule has 1 N–H and O–H groups in total. The first-order valence-electron chi connectivity index (χ1n) is 6.14. The largest absolute Gasteiger partial charge is 0.480 e. The van der Waals surface area contributed by atoms with E-state index in [1.807, 2.05) is 49.4 Å². The second kappa shape index (κ2) is 5.54. The highest BCUT2D eigenvalue weighted by Gasteiger charge is 2.14. The van der Waals surface area contributed by atoms with Crippen molar-refractivity contribution in [2.75, 3.05) is 6.54 Å². The maximum Gasteiger partial charge on any atom is 0.260 e. The molecule has 2 rings (SSSR count). The molecule has 1 atom stereocenters. The summed E-state index contributed by atoms with van der Waals surface area (Å²) in [6.45, 7) is 4.26. The molecular formula is C15H17NO2. The summed E-state index contributed by atoms with van der Waals surface area (Å²) in [6, 6.07) is 13.8. The number of ether oxygens (including phenoxy) is 1. The Morgan fingerprint density at radius 2 is 1.94 bits per heavy atom. The highest BCUT2D eigenvalue weighted by atomic mass is 16.5. The minimum Gasteiger partial charge on any atom is -0.480 e. The van der Waals surface area contributed by atoms with Crippen LogP contribution in [0.1, 0.15) is 13.8 Å². The second-order valence-electron chi connectivity index (χ2n) is 4.13. The molecule has 0 heterocycles. The molecule has 0 saturated carbocycles. The molecule has 0 aliphatic rings. The fourth-order valence-corrected chi connectivity index (χ4v) is 1.86. The number of benzene rings is 2. The van der Waals surface area contributed by atoms with Gasteiger partial charge in [0.1, 0.15) is 5.75 Å². The van der Waals surface area contributed by atoms with Gasteiger partial charge in [0.15, 0.2) is 6.10 Å². The summed E-state index contributed by atoms with van der Waals surface area (Å²) in [7, 11) is 0. The van der Waals surface area contributed by atoms with Crippen molar-refractivity contribution in [3.8, 4) is 5.75 Å². The van der Waals surface area contributed by atoms with E-state index in [4.69, 9.17) is 4.74 Å². The minimum absolute atomic E-state index is 0.0922. The first-order valence-corrected chi connectivity index (χ1v) is 6.14. The summed E-state index contributed by atoms with van der Waals surface area (Å²) in [6.07, 6.45) is -0.490. The highest BCUT2D eigenvalue weighted by Crippen LogP contribution is 2.25. The molecule has 2 aromatic carbocycles. The van der Waals surface area contributed by atoms with E-state index in [9.17, 15) is 4.79 Å². The maximum absolute atomic E-state index is 11.6. The number of rotatable bonds is 4. The van der Waals surface area contributed by atoms with Gasteiger partial charge in [0.05, 0.1) is 0 Å². The highest BCUT2D eigenvalue weighted by molar-refractivity contribution is 5.89. The average Bonchev–Trinajstić information content (AvgIpc) is 2.39. The quantitative estimate of drug-likeness (QED) is 0.896. The molecular weight excluding hydrogens is 226 g/mol. The number of fused-ring (bicyclic) bond motifs is 1. The number of hydrogen-bond acceptors (Lipinski definition) is 2. The first kappa shape index (κ1) is 12.4. The molecule has 3 nitrogen and oxygen atoms in total. The van der Waals surface area contributed by atoms with Crippen LogP contribution in [0.3, 0.4) is 0 Å². The molecule has 94 valence electrons. The molecule has 0 aliphatic heterocycles. The van der Waals surface area contributed by atoms with Crippen molar-refractivity contribution in [1.82, 2.24) is 5.32 Å². The minimum atomic E-state index is -0.490. The van der Waals surface area contributed by atoms with Gasteiger partial charge in [-0.25, -0.2) is 0 Å². The van der Waals surface area contributed by atoms with Crippen LogP contribution in [0.25, 0.3) is 10.8 Å². The van der Waals surface area contributed by atoms with E-state index in [1.165, 1.54) is 0 Å². The van der Waals surface area contributed by atoms with Crippen LogP contribution in [0, 0.1) is 0 Å². The third kappa shape index (κ3) is 2.62. The Morgan fingerprint density at radius 3 is 2.72 bits per heavy atom.